The Morgan fingerprint density at radius 2 is 1.51 bits per heavy atom. The van der Waals surface area contributed by atoms with Crippen molar-refractivity contribution in [3.05, 3.63) is 94.5 Å². The van der Waals surface area contributed by atoms with Gasteiger partial charge in [0, 0.05) is 18.1 Å². The summed E-state index contributed by atoms with van der Waals surface area (Å²) in [5, 5.41) is 3.45. The zero-order valence-corrected chi connectivity index (χ0v) is 26.0. The molecule has 0 saturated carbocycles. The van der Waals surface area contributed by atoms with Crippen LogP contribution in [0.3, 0.4) is 0 Å². The molecule has 9 heteroatoms. The largest absolute Gasteiger partial charge is 0.354 e. The molecule has 3 aromatic carbocycles. The molecule has 0 unspecified atom stereocenters. The van der Waals surface area contributed by atoms with E-state index in [0.29, 0.717) is 23.7 Å². The van der Waals surface area contributed by atoms with E-state index in [4.69, 9.17) is 11.6 Å². The van der Waals surface area contributed by atoms with E-state index < -0.39 is 28.5 Å². The average Bonchev–Trinajstić information content (AvgIpc) is 2.95. The number of carbonyl (C=O) groups excluding carboxylic acids is 2. The molecule has 1 N–H and O–H groups in total. The normalized spacial score (nSPS) is 12.2. The molecule has 0 aliphatic rings. The van der Waals surface area contributed by atoms with Crippen LogP contribution in [-0.4, -0.2) is 44.3 Å². The molecule has 0 spiro atoms. The summed E-state index contributed by atoms with van der Waals surface area (Å²) < 4.78 is 29.1. The maximum atomic E-state index is 14.1. The fourth-order valence-electron chi connectivity index (χ4n) is 4.46. The SMILES string of the molecule is CCCNC(=O)[C@H](CC)N(Cc1ccc(Cl)cc1)C(=O)CN(c1ccc(C(C)C)cc1)S(=O)(=O)c1ccc(C)cc1. The number of benzene rings is 3. The molecular weight excluding hydrogens is 558 g/mol. The third-order valence-electron chi connectivity index (χ3n) is 6.94. The smallest absolute Gasteiger partial charge is 0.264 e. The third kappa shape index (κ3) is 8.33. The van der Waals surface area contributed by atoms with Gasteiger partial charge in [0.1, 0.15) is 12.6 Å². The van der Waals surface area contributed by atoms with Crippen LogP contribution in [0.2, 0.25) is 5.02 Å². The average molecular weight is 598 g/mol. The van der Waals surface area contributed by atoms with Gasteiger partial charge in [-0.25, -0.2) is 8.42 Å². The van der Waals surface area contributed by atoms with Gasteiger partial charge in [-0.15, -0.1) is 0 Å². The number of rotatable bonds is 13. The molecule has 0 saturated heterocycles. The Morgan fingerprint density at radius 1 is 0.902 bits per heavy atom. The topological polar surface area (TPSA) is 86.8 Å². The lowest BCUT2D eigenvalue weighted by molar-refractivity contribution is -0.140. The fourth-order valence-corrected chi connectivity index (χ4v) is 6.00. The predicted octanol–water partition coefficient (Wildman–Crippen LogP) is 6.30. The quantitative estimate of drug-likeness (QED) is 0.250. The van der Waals surface area contributed by atoms with Gasteiger partial charge in [0.25, 0.3) is 10.0 Å². The number of aryl methyl sites for hydroxylation is 1. The summed E-state index contributed by atoms with van der Waals surface area (Å²) in [5.74, 6) is -0.498. The zero-order valence-electron chi connectivity index (χ0n) is 24.4. The number of hydrogen-bond acceptors (Lipinski definition) is 4. The van der Waals surface area contributed by atoms with E-state index in [1.807, 2.05) is 32.9 Å². The maximum absolute atomic E-state index is 14.1. The van der Waals surface area contributed by atoms with Crippen molar-refractivity contribution in [2.75, 3.05) is 17.4 Å². The highest BCUT2D eigenvalue weighted by Crippen LogP contribution is 2.27. The van der Waals surface area contributed by atoms with E-state index in [2.05, 4.69) is 19.2 Å². The van der Waals surface area contributed by atoms with Gasteiger partial charge in [-0.3, -0.25) is 13.9 Å². The van der Waals surface area contributed by atoms with Crippen molar-refractivity contribution in [2.24, 2.45) is 0 Å². The molecule has 7 nitrogen and oxygen atoms in total. The van der Waals surface area contributed by atoms with Gasteiger partial charge in [0.05, 0.1) is 10.6 Å². The van der Waals surface area contributed by atoms with E-state index in [-0.39, 0.29) is 23.3 Å². The summed E-state index contributed by atoms with van der Waals surface area (Å²) >= 11 is 6.08. The molecule has 2 amide bonds. The summed E-state index contributed by atoms with van der Waals surface area (Å²) in [5.41, 5.74) is 3.12. The Morgan fingerprint density at radius 3 is 2.05 bits per heavy atom. The number of nitrogens with one attached hydrogen (secondary N) is 1. The standard InChI is InChI=1S/C32H40ClN3O4S/c1-6-20-34-32(38)30(7-2)35(21-25-10-14-27(33)15-11-25)31(37)22-36(28-16-12-26(13-17-28)23(3)4)41(39,40)29-18-8-24(5)9-19-29/h8-19,23,30H,6-7,20-22H2,1-5H3,(H,34,38)/t30-/m0/s1. The van der Waals surface area contributed by atoms with Gasteiger partial charge in [0.15, 0.2) is 0 Å². The molecule has 41 heavy (non-hydrogen) atoms. The van der Waals surface area contributed by atoms with Crippen molar-refractivity contribution < 1.29 is 18.0 Å². The number of nitrogens with zero attached hydrogens (tertiary/aromatic N) is 2. The molecule has 220 valence electrons. The second-order valence-electron chi connectivity index (χ2n) is 10.4. The Balaban J connectivity index is 2.06. The van der Waals surface area contributed by atoms with E-state index >= 15 is 0 Å². The number of carbonyl (C=O) groups is 2. The molecule has 3 aromatic rings. The van der Waals surface area contributed by atoms with Crippen molar-refractivity contribution in [1.82, 2.24) is 10.2 Å². The second-order valence-corrected chi connectivity index (χ2v) is 12.7. The van der Waals surface area contributed by atoms with Crippen LogP contribution in [-0.2, 0) is 26.2 Å². The number of anilines is 1. The maximum Gasteiger partial charge on any atom is 0.264 e. The first-order chi connectivity index (χ1) is 19.5. The van der Waals surface area contributed by atoms with Gasteiger partial charge >= 0.3 is 0 Å². The van der Waals surface area contributed by atoms with Crippen LogP contribution in [0.4, 0.5) is 5.69 Å². The number of halogens is 1. The summed E-state index contributed by atoms with van der Waals surface area (Å²) in [6, 6.07) is 20.0. The number of sulfonamides is 1. The van der Waals surface area contributed by atoms with E-state index in [9.17, 15) is 18.0 Å². The lowest BCUT2D eigenvalue weighted by Crippen LogP contribution is -2.52. The van der Waals surface area contributed by atoms with E-state index in [0.717, 1.165) is 27.4 Å². The van der Waals surface area contributed by atoms with Crippen LogP contribution in [0, 0.1) is 6.92 Å². The van der Waals surface area contributed by atoms with E-state index in [1.165, 1.54) is 4.90 Å². The monoisotopic (exact) mass is 597 g/mol. The van der Waals surface area contributed by atoms with Gasteiger partial charge in [0.2, 0.25) is 11.8 Å². The lowest BCUT2D eigenvalue weighted by Gasteiger charge is -2.33. The highest BCUT2D eigenvalue weighted by Gasteiger charge is 2.33. The number of amides is 2. The van der Waals surface area contributed by atoms with Gasteiger partial charge in [-0.1, -0.05) is 81.3 Å². The molecule has 0 fully saturated rings. The Hall–Kier alpha value is -3.36. The van der Waals surface area contributed by atoms with Crippen molar-refractivity contribution >= 4 is 39.1 Å². The second kappa shape index (κ2) is 14.5. The van der Waals surface area contributed by atoms with Gasteiger partial charge in [-0.05, 0) is 73.2 Å². The van der Waals surface area contributed by atoms with Gasteiger partial charge < -0.3 is 10.2 Å². The highest BCUT2D eigenvalue weighted by atomic mass is 35.5. The van der Waals surface area contributed by atoms with Crippen LogP contribution in [0.5, 0.6) is 0 Å². The van der Waals surface area contributed by atoms with Crippen molar-refractivity contribution in [3.63, 3.8) is 0 Å². The first-order valence-corrected chi connectivity index (χ1v) is 15.8. The summed E-state index contributed by atoms with van der Waals surface area (Å²) in [6.07, 6.45) is 1.12. The zero-order chi connectivity index (χ0) is 30.2. The lowest BCUT2D eigenvalue weighted by atomic mass is 10.0. The third-order valence-corrected chi connectivity index (χ3v) is 8.98. The molecule has 0 heterocycles. The molecule has 0 aliphatic carbocycles. The van der Waals surface area contributed by atoms with Crippen LogP contribution >= 0.6 is 11.6 Å². The number of hydrogen-bond donors (Lipinski definition) is 1. The van der Waals surface area contributed by atoms with Crippen molar-refractivity contribution in [1.29, 1.82) is 0 Å². The predicted molar refractivity (Wildman–Crippen MR) is 166 cm³/mol. The Bertz CT molecular complexity index is 1410. The minimum absolute atomic E-state index is 0.0841. The van der Waals surface area contributed by atoms with Crippen LogP contribution in [0.15, 0.2) is 77.7 Å². The van der Waals surface area contributed by atoms with Crippen molar-refractivity contribution in [2.45, 2.75) is 70.9 Å². The van der Waals surface area contributed by atoms with Gasteiger partial charge in [-0.2, -0.15) is 0 Å². The molecule has 1 atom stereocenters. The highest BCUT2D eigenvalue weighted by molar-refractivity contribution is 7.92. The van der Waals surface area contributed by atoms with Crippen LogP contribution in [0.1, 0.15) is 63.1 Å². The summed E-state index contributed by atoms with van der Waals surface area (Å²) in [6.45, 7) is 9.92. The van der Waals surface area contributed by atoms with Crippen LogP contribution in [0.25, 0.3) is 0 Å². The first kappa shape index (κ1) is 32.2. The van der Waals surface area contributed by atoms with Crippen LogP contribution < -0.4 is 9.62 Å². The minimum Gasteiger partial charge on any atom is -0.354 e. The molecule has 0 bridgehead atoms. The Kier molecular flexibility index (Phi) is 11.4. The van der Waals surface area contributed by atoms with Crippen molar-refractivity contribution in [3.8, 4) is 0 Å². The molecule has 3 rings (SSSR count). The summed E-state index contributed by atoms with van der Waals surface area (Å²) in [4.78, 5) is 28.8. The fraction of sp³-hybridized carbons (Fsp3) is 0.375. The first-order valence-electron chi connectivity index (χ1n) is 14.0. The minimum atomic E-state index is -4.11. The Labute approximate surface area is 249 Å². The molecule has 0 radical (unpaired) electrons. The summed E-state index contributed by atoms with van der Waals surface area (Å²) in [7, 11) is -4.11. The molecular formula is C32H40ClN3O4S. The molecule has 0 aliphatic heterocycles. The molecule has 0 aromatic heterocycles. The van der Waals surface area contributed by atoms with E-state index in [1.54, 1.807) is 60.7 Å².